The van der Waals surface area contributed by atoms with Gasteiger partial charge >= 0.3 is 0 Å². The average Bonchev–Trinajstić information content (AvgIpc) is 3.02. The molecule has 1 amide bonds. The SMILES string of the molecule is CCNC(=NCc1cccc(C(=O)NC(C)CC)c1)Nc1ccc2c(c1)OCCCO2. The monoisotopic (exact) mass is 424 g/mol. The number of fused-ring (bicyclic) bond motifs is 1. The zero-order valence-corrected chi connectivity index (χ0v) is 18.5. The molecule has 166 valence electrons. The van der Waals surface area contributed by atoms with Crippen molar-refractivity contribution < 1.29 is 14.3 Å². The second-order valence-corrected chi connectivity index (χ2v) is 7.52. The Morgan fingerprint density at radius 2 is 1.90 bits per heavy atom. The number of hydrogen-bond acceptors (Lipinski definition) is 4. The van der Waals surface area contributed by atoms with Crippen molar-refractivity contribution in [2.45, 2.75) is 46.2 Å². The second kappa shape index (κ2) is 11.2. The average molecular weight is 425 g/mol. The largest absolute Gasteiger partial charge is 0.490 e. The minimum atomic E-state index is -0.0580. The van der Waals surface area contributed by atoms with E-state index in [-0.39, 0.29) is 11.9 Å². The first-order valence-electron chi connectivity index (χ1n) is 10.9. The fourth-order valence-corrected chi connectivity index (χ4v) is 3.08. The van der Waals surface area contributed by atoms with E-state index in [1.807, 2.05) is 56.3 Å². The van der Waals surface area contributed by atoms with E-state index in [2.05, 4.69) is 27.9 Å². The molecule has 0 saturated carbocycles. The van der Waals surface area contributed by atoms with E-state index in [0.29, 0.717) is 31.3 Å². The van der Waals surface area contributed by atoms with E-state index < -0.39 is 0 Å². The van der Waals surface area contributed by atoms with Crippen LogP contribution in [0.25, 0.3) is 0 Å². The smallest absolute Gasteiger partial charge is 0.251 e. The number of aliphatic imine (C=N–C) groups is 1. The number of guanidine groups is 1. The van der Waals surface area contributed by atoms with Crippen LogP contribution in [0.1, 0.15) is 49.5 Å². The van der Waals surface area contributed by atoms with Gasteiger partial charge in [-0.25, -0.2) is 4.99 Å². The van der Waals surface area contributed by atoms with Crippen LogP contribution in [0.2, 0.25) is 0 Å². The molecule has 0 fully saturated rings. The summed E-state index contributed by atoms with van der Waals surface area (Å²) in [5, 5.41) is 9.57. The first kappa shape index (κ1) is 22.5. The minimum Gasteiger partial charge on any atom is -0.490 e. The molecule has 1 aliphatic rings. The zero-order chi connectivity index (χ0) is 22.1. The molecular weight excluding hydrogens is 392 g/mol. The summed E-state index contributed by atoms with van der Waals surface area (Å²) >= 11 is 0. The molecule has 0 aliphatic carbocycles. The van der Waals surface area contributed by atoms with Gasteiger partial charge in [-0.15, -0.1) is 0 Å². The molecule has 0 saturated heterocycles. The Morgan fingerprint density at radius 1 is 1.10 bits per heavy atom. The van der Waals surface area contributed by atoms with Crippen LogP contribution in [0, 0.1) is 0 Å². The lowest BCUT2D eigenvalue weighted by molar-refractivity contribution is 0.0939. The Morgan fingerprint density at radius 3 is 2.68 bits per heavy atom. The fourth-order valence-electron chi connectivity index (χ4n) is 3.08. The van der Waals surface area contributed by atoms with Gasteiger partial charge in [0, 0.05) is 36.3 Å². The van der Waals surface area contributed by atoms with Crippen LogP contribution in [0.5, 0.6) is 11.5 Å². The number of nitrogens with one attached hydrogen (secondary N) is 3. The Kier molecular flexibility index (Phi) is 8.15. The molecule has 3 N–H and O–H groups in total. The number of ether oxygens (including phenoxy) is 2. The van der Waals surface area contributed by atoms with Crippen molar-refractivity contribution in [2.75, 3.05) is 25.1 Å². The number of amides is 1. The topological polar surface area (TPSA) is 84.0 Å². The van der Waals surface area contributed by atoms with Crippen LogP contribution < -0.4 is 25.4 Å². The lowest BCUT2D eigenvalue weighted by Crippen LogP contribution is -2.32. The molecule has 0 bridgehead atoms. The number of anilines is 1. The molecule has 7 nitrogen and oxygen atoms in total. The predicted octanol–water partition coefficient (Wildman–Crippen LogP) is 3.95. The normalized spacial score (nSPS) is 14.4. The molecule has 1 unspecified atom stereocenters. The van der Waals surface area contributed by atoms with Gasteiger partial charge in [-0.3, -0.25) is 4.79 Å². The Balaban J connectivity index is 1.69. The lowest BCUT2D eigenvalue weighted by atomic mass is 10.1. The molecule has 31 heavy (non-hydrogen) atoms. The Bertz CT molecular complexity index is 913. The molecular formula is C24H32N4O3. The van der Waals surface area contributed by atoms with Gasteiger partial charge in [-0.2, -0.15) is 0 Å². The van der Waals surface area contributed by atoms with Crippen molar-refractivity contribution in [3.63, 3.8) is 0 Å². The summed E-state index contributed by atoms with van der Waals surface area (Å²) in [6.07, 6.45) is 1.77. The summed E-state index contributed by atoms with van der Waals surface area (Å²) in [4.78, 5) is 17.1. The van der Waals surface area contributed by atoms with Crippen LogP contribution >= 0.6 is 0 Å². The lowest BCUT2D eigenvalue weighted by Gasteiger charge is -2.14. The molecule has 7 heteroatoms. The van der Waals surface area contributed by atoms with E-state index in [0.717, 1.165) is 42.1 Å². The van der Waals surface area contributed by atoms with Crippen molar-refractivity contribution in [3.8, 4) is 11.5 Å². The van der Waals surface area contributed by atoms with E-state index in [1.54, 1.807) is 0 Å². The van der Waals surface area contributed by atoms with Crippen molar-refractivity contribution in [3.05, 3.63) is 53.6 Å². The molecule has 1 aliphatic heterocycles. The van der Waals surface area contributed by atoms with Crippen LogP contribution in [0.3, 0.4) is 0 Å². The number of carbonyl (C=O) groups excluding carboxylic acids is 1. The van der Waals surface area contributed by atoms with Crippen LogP contribution in [-0.4, -0.2) is 37.7 Å². The maximum Gasteiger partial charge on any atom is 0.251 e. The van der Waals surface area contributed by atoms with Crippen LogP contribution in [0.15, 0.2) is 47.5 Å². The summed E-state index contributed by atoms with van der Waals surface area (Å²) in [5.41, 5.74) is 2.48. The fraction of sp³-hybridized carbons (Fsp3) is 0.417. The first-order valence-corrected chi connectivity index (χ1v) is 10.9. The summed E-state index contributed by atoms with van der Waals surface area (Å²) in [6.45, 7) is 8.56. The third kappa shape index (κ3) is 6.64. The summed E-state index contributed by atoms with van der Waals surface area (Å²) < 4.78 is 11.5. The molecule has 0 spiro atoms. The predicted molar refractivity (Wildman–Crippen MR) is 124 cm³/mol. The van der Waals surface area contributed by atoms with E-state index in [9.17, 15) is 4.79 Å². The van der Waals surface area contributed by atoms with Gasteiger partial charge < -0.3 is 25.4 Å². The highest BCUT2D eigenvalue weighted by atomic mass is 16.5. The number of rotatable bonds is 7. The van der Waals surface area contributed by atoms with Crippen LogP contribution in [0.4, 0.5) is 5.69 Å². The summed E-state index contributed by atoms with van der Waals surface area (Å²) in [5.74, 6) is 2.10. The molecule has 0 radical (unpaired) electrons. The highest BCUT2D eigenvalue weighted by molar-refractivity contribution is 5.95. The summed E-state index contributed by atoms with van der Waals surface area (Å²) in [7, 11) is 0. The van der Waals surface area contributed by atoms with Gasteiger partial charge in [0.25, 0.3) is 5.91 Å². The molecule has 1 atom stereocenters. The van der Waals surface area contributed by atoms with E-state index in [1.165, 1.54) is 0 Å². The Hall–Kier alpha value is -3.22. The third-order valence-corrected chi connectivity index (χ3v) is 4.95. The number of carbonyl (C=O) groups is 1. The van der Waals surface area contributed by atoms with Crippen LogP contribution in [-0.2, 0) is 6.54 Å². The van der Waals surface area contributed by atoms with Gasteiger partial charge in [-0.1, -0.05) is 19.1 Å². The highest BCUT2D eigenvalue weighted by Gasteiger charge is 2.12. The van der Waals surface area contributed by atoms with E-state index in [4.69, 9.17) is 9.47 Å². The number of hydrogen-bond donors (Lipinski definition) is 3. The van der Waals surface area contributed by atoms with Gasteiger partial charge in [0.05, 0.1) is 19.8 Å². The zero-order valence-electron chi connectivity index (χ0n) is 18.5. The maximum absolute atomic E-state index is 12.4. The van der Waals surface area contributed by atoms with Gasteiger partial charge in [-0.05, 0) is 50.1 Å². The molecule has 0 aromatic heterocycles. The second-order valence-electron chi connectivity index (χ2n) is 7.52. The number of benzene rings is 2. The van der Waals surface area contributed by atoms with Crippen molar-refractivity contribution >= 4 is 17.6 Å². The highest BCUT2D eigenvalue weighted by Crippen LogP contribution is 2.32. The van der Waals surface area contributed by atoms with Crippen molar-refractivity contribution in [1.82, 2.24) is 10.6 Å². The van der Waals surface area contributed by atoms with E-state index >= 15 is 0 Å². The van der Waals surface area contributed by atoms with Gasteiger partial charge in [0.2, 0.25) is 0 Å². The maximum atomic E-state index is 12.4. The molecule has 2 aromatic carbocycles. The molecule has 2 aromatic rings. The molecule has 3 rings (SSSR count). The molecule has 1 heterocycles. The number of nitrogens with zero attached hydrogens (tertiary/aromatic N) is 1. The van der Waals surface area contributed by atoms with Gasteiger partial charge in [0.1, 0.15) is 0 Å². The Labute approximate surface area is 184 Å². The van der Waals surface area contributed by atoms with Crippen molar-refractivity contribution in [1.29, 1.82) is 0 Å². The van der Waals surface area contributed by atoms with Crippen molar-refractivity contribution in [2.24, 2.45) is 4.99 Å². The summed E-state index contributed by atoms with van der Waals surface area (Å²) in [6, 6.07) is 13.5. The minimum absolute atomic E-state index is 0.0580. The standard InChI is InChI=1S/C24H32N4O3/c1-4-17(3)27-23(29)19-9-6-8-18(14-19)16-26-24(25-5-2)28-20-10-11-21-22(15-20)31-13-7-12-30-21/h6,8-11,14-15,17H,4-5,7,12-13,16H2,1-3H3,(H,27,29)(H2,25,26,28). The quantitative estimate of drug-likeness (QED) is 0.463. The first-order chi connectivity index (χ1) is 15.1. The third-order valence-electron chi connectivity index (χ3n) is 4.95. The van der Waals surface area contributed by atoms with Gasteiger partial charge in [0.15, 0.2) is 17.5 Å².